The summed E-state index contributed by atoms with van der Waals surface area (Å²) in [6.07, 6.45) is 0. The Morgan fingerprint density at radius 2 is 0.814 bits per heavy atom. The van der Waals surface area contributed by atoms with Gasteiger partial charge >= 0.3 is 0 Å². The topological polar surface area (TPSA) is 151 Å². The Bertz CT molecular complexity index is 1290. The molecule has 0 saturated heterocycles. The van der Waals surface area contributed by atoms with Gasteiger partial charge in [0.05, 0.1) is 73.4 Å². The highest BCUT2D eigenvalue weighted by Gasteiger charge is 2.14. The van der Waals surface area contributed by atoms with Crippen molar-refractivity contribution in [3.63, 3.8) is 0 Å². The van der Waals surface area contributed by atoms with Crippen LogP contribution in [0.3, 0.4) is 0 Å². The minimum Gasteiger partial charge on any atom is -0.355 e. The van der Waals surface area contributed by atoms with Gasteiger partial charge in [-0.05, 0) is 36.4 Å². The predicted molar refractivity (Wildman–Crippen MR) is 167 cm³/mol. The minimum atomic E-state index is 0.618. The Labute approximate surface area is 251 Å². The Morgan fingerprint density at radius 3 is 1.12 bits per heavy atom. The zero-order valence-electron chi connectivity index (χ0n) is 24.3. The molecule has 0 fully saturated rings. The van der Waals surface area contributed by atoms with Crippen molar-refractivity contribution in [1.29, 1.82) is 0 Å². The molecule has 0 saturated carbocycles. The first-order chi connectivity index (χ1) is 21.2. The van der Waals surface area contributed by atoms with E-state index in [9.17, 15) is 0 Å². The van der Waals surface area contributed by atoms with Gasteiger partial charge in [0.1, 0.15) is 0 Å². The molecule has 3 aromatic heterocycles. The summed E-state index contributed by atoms with van der Waals surface area (Å²) in [6.45, 7) is 8.85. The van der Waals surface area contributed by atoms with E-state index in [1.807, 2.05) is 18.2 Å². The smallest absolute Gasteiger partial charge is 0.191 e. The number of rotatable bonds is 12. The number of guanidine groups is 3. The summed E-state index contributed by atoms with van der Waals surface area (Å²) < 4.78 is 0. The number of nitrogens with one attached hydrogen (secondary N) is 6. The molecule has 43 heavy (non-hydrogen) atoms. The van der Waals surface area contributed by atoms with Crippen molar-refractivity contribution in [3.8, 4) is 0 Å². The second-order valence-corrected chi connectivity index (χ2v) is 10.5. The van der Waals surface area contributed by atoms with Gasteiger partial charge in [-0.15, -0.1) is 0 Å². The molecule has 6 heterocycles. The lowest BCUT2D eigenvalue weighted by Gasteiger charge is -2.22. The zero-order valence-corrected chi connectivity index (χ0v) is 24.3. The number of pyridine rings is 3. The van der Waals surface area contributed by atoms with E-state index in [2.05, 4.69) is 88.2 Å². The fraction of sp³-hybridized carbons (Fsp3) is 0.400. The average molecular weight is 582 g/mol. The minimum absolute atomic E-state index is 0.618. The molecule has 0 bridgehead atoms. The van der Waals surface area contributed by atoms with Crippen LogP contribution in [0.1, 0.15) is 34.2 Å². The first kappa shape index (κ1) is 28.3. The molecule has 6 N–H and O–H groups in total. The van der Waals surface area contributed by atoms with E-state index in [4.69, 9.17) is 15.0 Å². The third kappa shape index (κ3) is 8.61. The van der Waals surface area contributed by atoms with E-state index in [1.165, 1.54) is 0 Å². The lowest BCUT2D eigenvalue weighted by molar-refractivity contribution is 0.238. The van der Waals surface area contributed by atoms with Gasteiger partial charge in [0.2, 0.25) is 0 Å². The molecule has 3 aromatic rings. The van der Waals surface area contributed by atoms with Gasteiger partial charge in [0.25, 0.3) is 0 Å². The number of aromatic nitrogens is 3. The molecule has 13 nitrogen and oxygen atoms in total. The normalized spacial score (nSPS) is 15.7. The van der Waals surface area contributed by atoms with Gasteiger partial charge in [-0.2, -0.15) is 0 Å². The maximum Gasteiger partial charge on any atom is 0.191 e. The summed E-state index contributed by atoms with van der Waals surface area (Å²) in [5, 5.41) is 19.8. The van der Waals surface area contributed by atoms with Gasteiger partial charge in [-0.1, -0.05) is 18.2 Å². The first-order valence-corrected chi connectivity index (χ1v) is 14.9. The standard InChI is InChI=1S/C30H39N13/c1-4-22(16-37-28-31-10-11-32-28)40-25(7-1)19-43(20-26-8-2-5-23(41-26)17-38-29-33-12-13-34-29)21-27-9-3-6-24(42-27)18-39-30-35-14-15-36-30/h1-9H,10-21H2,(H2,31,32,37)(H2,33,34,38)(H2,35,36,39). The van der Waals surface area contributed by atoms with Crippen molar-refractivity contribution < 1.29 is 0 Å². The van der Waals surface area contributed by atoms with Gasteiger partial charge in [-0.3, -0.25) is 34.8 Å². The van der Waals surface area contributed by atoms with Crippen molar-refractivity contribution in [1.82, 2.24) is 51.8 Å². The second-order valence-electron chi connectivity index (χ2n) is 10.5. The molecule has 0 aromatic carbocycles. The molecular formula is C30H39N13. The molecule has 0 spiro atoms. The van der Waals surface area contributed by atoms with E-state index >= 15 is 0 Å². The summed E-state index contributed by atoms with van der Waals surface area (Å²) in [4.78, 5) is 30.4. The Kier molecular flexibility index (Phi) is 9.50. The average Bonchev–Trinajstić information content (AvgIpc) is 3.84. The van der Waals surface area contributed by atoms with Crippen LogP contribution >= 0.6 is 0 Å². The first-order valence-electron chi connectivity index (χ1n) is 14.9. The maximum atomic E-state index is 4.95. The maximum absolute atomic E-state index is 4.95. The van der Waals surface area contributed by atoms with Crippen LogP contribution in [0, 0.1) is 0 Å². The van der Waals surface area contributed by atoms with E-state index in [0.29, 0.717) is 39.3 Å². The van der Waals surface area contributed by atoms with Gasteiger partial charge < -0.3 is 31.9 Å². The van der Waals surface area contributed by atoms with Crippen molar-refractivity contribution in [3.05, 3.63) is 88.8 Å². The molecule has 6 rings (SSSR count). The highest BCUT2D eigenvalue weighted by molar-refractivity contribution is 5.81. The van der Waals surface area contributed by atoms with Crippen LogP contribution in [0.4, 0.5) is 0 Å². The quantitative estimate of drug-likeness (QED) is 0.175. The van der Waals surface area contributed by atoms with Crippen LogP contribution in [-0.2, 0) is 39.3 Å². The molecule has 224 valence electrons. The molecule has 0 atom stereocenters. The van der Waals surface area contributed by atoms with Crippen LogP contribution in [0.2, 0.25) is 0 Å². The van der Waals surface area contributed by atoms with Crippen LogP contribution in [0.25, 0.3) is 0 Å². The summed E-state index contributed by atoms with van der Waals surface area (Å²) in [5.74, 6) is 2.50. The zero-order chi connectivity index (χ0) is 29.1. The summed E-state index contributed by atoms with van der Waals surface area (Å²) in [5.41, 5.74) is 5.89. The summed E-state index contributed by atoms with van der Waals surface area (Å²) >= 11 is 0. The molecule has 0 unspecified atom stereocenters. The van der Waals surface area contributed by atoms with E-state index in [-0.39, 0.29) is 0 Å². The van der Waals surface area contributed by atoms with E-state index in [0.717, 1.165) is 91.3 Å². The second kappa shape index (κ2) is 14.4. The molecule has 3 aliphatic rings. The lowest BCUT2D eigenvalue weighted by atomic mass is 10.2. The third-order valence-corrected chi connectivity index (χ3v) is 7.08. The number of hydrogen-bond acceptors (Lipinski definition) is 13. The fourth-order valence-corrected chi connectivity index (χ4v) is 5.07. The SMILES string of the molecule is c1cc(CNC2=NCCN2)nc(CN(Cc2cccc(CNC3=NCCN3)n2)Cc2cccc(CNC3=NCCN3)n2)c1. The van der Waals surface area contributed by atoms with E-state index in [1.54, 1.807) is 0 Å². The summed E-state index contributed by atoms with van der Waals surface area (Å²) in [7, 11) is 0. The Hall–Kier alpha value is -4.78. The molecule has 0 aliphatic carbocycles. The monoisotopic (exact) mass is 581 g/mol. The summed E-state index contributed by atoms with van der Waals surface area (Å²) in [6, 6.07) is 18.6. The third-order valence-electron chi connectivity index (χ3n) is 7.08. The molecular weight excluding hydrogens is 542 g/mol. The number of nitrogens with zero attached hydrogens (tertiary/aromatic N) is 7. The Morgan fingerprint density at radius 1 is 0.488 bits per heavy atom. The fourth-order valence-electron chi connectivity index (χ4n) is 5.07. The van der Waals surface area contributed by atoms with Crippen molar-refractivity contribution >= 4 is 17.9 Å². The number of aliphatic imine (C=N–C) groups is 3. The van der Waals surface area contributed by atoms with Crippen LogP contribution < -0.4 is 31.9 Å². The molecule has 0 amide bonds. The predicted octanol–water partition coefficient (Wildman–Crippen LogP) is 0.220. The van der Waals surface area contributed by atoms with Gasteiger partial charge in [-0.25, -0.2) is 0 Å². The van der Waals surface area contributed by atoms with E-state index < -0.39 is 0 Å². The molecule has 0 radical (unpaired) electrons. The molecule has 3 aliphatic heterocycles. The van der Waals surface area contributed by atoms with Gasteiger partial charge in [0.15, 0.2) is 17.9 Å². The van der Waals surface area contributed by atoms with Crippen molar-refractivity contribution in [2.24, 2.45) is 15.0 Å². The largest absolute Gasteiger partial charge is 0.355 e. The highest BCUT2D eigenvalue weighted by atomic mass is 15.2. The van der Waals surface area contributed by atoms with Crippen molar-refractivity contribution in [2.45, 2.75) is 39.3 Å². The Balaban J connectivity index is 1.15. The van der Waals surface area contributed by atoms with Crippen LogP contribution in [0.5, 0.6) is 0 Å². The van der Waals surface area contributed by atoms with Crippen LogP contribution in [-0.4, -0.2) is 77.0 Å². The highest BCUT2D eigenvalue weighted by Crippen LogP contribution is 2.13. The van der Waals surface area contributed by atoms with Crippen molar-refractivity contribution in [2.75, 3.05) is 39.3 Å². The molecule has 13 heteroatoms. The number of hydrogen-bond donors (Lipinski definition) is 6. The van der Waals surface area contributed by atoms with Gasteiger partial charge in [0, 0.05) is 39.3 Å². The lowest BCUT2D eigenvalue weighted by Crippen LogP contribution is -2.33. The van der Waals surface area contributed by atoms with Crippen LogP contribution in [0.15, 0.2) is 69.6 Å².